The van der Waals surface area contributed by atoms with Gasteiger partial charge in [0.15, 0.2) is 5.16 Å². The predicted molar refractivity (Wildman–Crippen MR) is 140 cm³/mol. The van der Waals surface area contributed by atoms with E-state index in [-0.39, 0.29) is 23.0 Å². The van der Waals surface area contributed by atoms with Crippen LogP contribution >= 0.6 is 34.7 Å². The fourth-order valence-electron chi connectivity index (χ4n) is 4.03. The first-order chi connectivity index (χ1) is 17.0. The second-order valence-electron chi connectivity index (χ2n) is 8.04. The number of rotatable bonds is 6. The summed E-state index contributed by atoms with van der Waals surface area (Å²) < 4.78 is 14.8. The average Bonchev–Trinajstić information content (AvgIpc) is 3.22. The highest BCUT2D eigenvalue weighted by Crippen LogP contribution is 2.35. The molecule has 1 aliphatic carbocycles. The minimum absolute atomic E-state index is 0.00286. The molecule has 0 saturated heterocycles. The number of hydrogen-bond donors (Lipinski definition) is 1. The van der Waals surface area contributed by atoms with Crippen LogP contribution in [0.15, 0.2) is 63.6 Å². The largest absolute Gasteiger partial charge is 0.272 e. The minimum atomic E-state index is -0.382. The summed E-state index contributed by atoms with van der Waals surface area (Å²) in [7, 11) is 0. The van der Waals surface area contributed by atoms with Crippen molar-refractivity contribution in [1.82, 2.24) is 15.0 Å². The van der Waals surface area contributed by atoms with E-state index in [9.17, 15) is 14.0 Å². The molecule has 0 radical (unpaired) electrons. The molecule has 2 heterocycles. The smallest absolute Gasteiger partial charge is 0.267 e. The van der Waals surface area contributed by atoms with E-state index in [4.69, 9.17) is 16.6 Å². The van der Waals surface area contributed by atoms with Gasteiger partial charge < -0.3 is 0 Å². The molecule has 0 bridgehead atoms. The van der Waals surface area contributed by atoms with Crippen LogP contribution in [0.25, 0.3) is 15.9 Å². The van der Waals surface area contributed by atoms with Crippen molar-refractivity contribution in [2.24, 2.45) is 5.10 Å². The molecule has 0 aliphatic heterocycles. The quantitative estimate of drug-likeness (QED) is 0.159. The molecular formula is C25H20ClFN4O2S2. The summed E-state index contributed by atoms with van der Waals surface area (Å²) >= 11 is 8.79. The third-order valence-corrected chi connectivity index (χ3v) is 8.00. The fourth-order valence-corrected chi connectivity index (χ4v) is 6.26. The summed E-state index contributed by atoms with van der Waals surface area (Å²) in [6, 6.07) is 12.9. The van der Waals surface area contributed by atoms with Crippen molar-refractivity contribution in [1.29, 1.82) is 0 Å². The number of thiophene rings is 1. The maximum Gasteiger partial charge on any atom is 0.267 e. The normalized spacial score (nSPS) is 13.3. The van der Waals surface area contributed by atoms with E-state index >= 15 is 0 Å². The molecule has 1 N–H and O–H groups in total. The van der Waals surface area contributed by atoms with Gasteiger partial charge in [-0.2, -0.15) is 5.10 Å². The number of amides is 1. The van der Waals surface area contributed by atoms with E-state index in [1.165, 1.54) is 23.2 Å². The monoisotopic (exact) mass is 526 g/mol. The lowest BCUT2D eigenvalue weighted by Gasteiger charge is -2.13. The summed E-state index contributed by atoms with van der Waals surface area (Å²) in [5, 5.41) is 5.55. The van der Waals surface area contributed by atoms with Crippen LogP contribution in [0.5, 0.6) is 0 Å². The van der Waals surface area contributed by atoms with Crippen LogP contribution in [0.1, 0.15) is 28.8 Å². The zero-order valence-corrected chi connectivity index (χ0v) is 20.9. The Morgan fingerprint density at radius 1 is 1.23 bits per heavy atom. The number of carbonyl (C=O) groups excluding carboxylic acids is 1. The Kier molecular flexibility index (Phi) is 6.99. The van der Waals surface area contributed by atoms with E-state index in [1.54, 1.807) is 52.3 Å². The van der Waals surface area contributed by atoms with Crippen molar-refractivity contribution >= 4 is 57.0 Å². The third kappa shape index (κ3) is 5.17. The molecule has 0 spiro atoms. The minimum Gasteiger partial charge on any atom is -0.272 e. The lowest BCUT2D eigenvalue weighted by Crippen LogP contribution is -2.24. The second kappa shape index (κ2) is 10.3. The second-order valence-corrected chi connectivity index (χ2v) is 10.5. The van der Waals surface area contributed by atoms with E-state index in [0.29, 0.717) is 31.6 Å². The number of hydrogen-bond acceptors (Lipinski definition) is 6. The number of halogens is 2. The molecule has 0 fully saturated rings. The van der Waals surface area contributed by atoms with Crippen molar-refractivity contribution in [3.8, 4) is 5.69 Å². The zero-order chi connectivity index (χ0) is 24.4. The highest BCUT2D eigenvalue weighted by molar-refractivity contribution is 7.99. The van der Waals surface area contributed by atoms with Crippen LogP contribution < -0.4 is 11.0 Å². The van der Waals surface area contributed by atoms with Gasteiger partial charge in [0.25, 0.3) is 11.5 Å². The molecule has 4 aromatic rings. The number of carbonyl (C=O) groups is 1. The van der Waals surface area contributed by atoms with Gasteiger partial charge in [-0.15, -0.1) is 11.3 Å². The van der Waals surface area contributed by atoms with Gasteiger partial charge in [0.05, 0.1) is 23.0 Å². The number of nitrogens with one attached hydrogen (secondary N) is 1. The zero-order valence-electron chi connectivity index (χ0n) is 18.5. The van der Waals surface area contributed by atoms with E-state index in [2.05, 4.69) is 10.5 Å². The highest BCUT2D eigenvalue weighted by Gasteiger charge is 2.23. The van der Waals surface area contributed by atoms with Crippen LogP contribution in [0, 0.1) is 5.82 Å². The summed E-state index contributed by atoms with van der Waals surface area (Å²) in [5.74, 6) is -0.755. The van der Waals surface area contributed by atoms with Gasteiger partial charge in [0.2, 0.25) is 0 Å². The maximum atomic E-state index is 13.7. The van der Waals surface area contributed by atoms with Crippen LogP contribution in [0.4, 0.5) is 4.39 Å². The predicted octanol–water partition coefficient (Wildman–Crippen LogP) is 5.36. The standard InChI is InChI=1S/C25H20ClFN4O2S2/c26-16-8-10-18(11-9-16)31-24(33)22-19-6-1-2-7-20(19)35-23(22)29-25(31)34-14-21(32)30-28-13-15-4-3-5-17(27)12-15/h3-5,8-13H,1-2,6-7,14H2,(H,30,32). The fraction of sp³-hybridized carbons (Fsp3) is 0.200. The number of thioether (sulfide) groups is 1. The summed E-state index contributed by atoms with van der Waals surface area (Å²) in [6.45, 7) is 0. The number of nitrogens with zero attached hydrogens (tertiary/aromatic N) is 3. The van der Waals surface area contributed by atoms with Crippen molar-refractivity contribution in [2.75, 3.05) is 5.75 Å². The highest BCUT2D eigenvalue weighted by atomic mass is 35.5. The Morgan fingerprint density at radius 2 is 2.03 bits per heavy atom. The first-order valence-corrected chi connectivity index (χ1v) is 13.2. The Hall–Kier alpha value is -3.01. The van der Waals surface area contributed by atoms with Crippen LogP contribution in [0.2, 0.25) is 5.02 Å². The Balaban J connectivity index is 1.43. The van der Waals surface area contributed by atoms with Crippen molar-refractivity contribution in [3.63, 3.8) is 0 Å². The van der Waals surface area contributed by atoms with E-state index < -0.39 is 0 Å². The van der Waals surface area contributed by atoms with Gasteiger partial charge in [-0.1, -0.05) is 35.5 Å². The van der Waals surface area contributed by atoms with Crippen LogP contribution in [-0.2, 0) is 17.6 Å². The number of aromatic nitrogens is 2. The van der Waals surface area contributed by atoms with Crippen LogP contribution in [-0.4, -0.2) is 27.4 Å². The summed E-state index contributed by atoms with van der Waals surface area (Å²) in [5.41, 5.74) is 4.58. The van der Waals surface area contributed by atoms with Gasteiger partial charge in [-0.25, -0.2) is 14.8 Å². The third-order valence-electron chi connectivity index (χ3n) is 5.63. The molecule has 0 unspecified atom stereocenters. The molecule has 1 amide bonds. The molecular weight excluding hydrogens is 507 g/mol. The van der Waals surface area contributed by atoms with Crippen molar-refractivity contribution < 1.29 is 9.18 Å². The van der Waals surface area contributed by atoms with Crippen molar-refractivity contribution in [3.05, 3.63) is 85.7 Å². The Bertz CT molecular complexity index is 1500. The molecule has 10 heteroatoms. The van der Waals surface area contributed by atoms with Gasteiger partial charge in [0, 0.05) is 9.90 Å². The van der Waals surface area contributed by atoms with E-state index in [0.717, 1.165) is 43.0 Å². The molecule has 178 valence electrons. The van der Waals surface area contributed by atoms with Crippen molar-refractivity contribution in [2.45, 2.75) is 30.8 Å². The first kappa shape index (κ1) is 23.7. The molecule has 2 aromatic heterocycles. The Morgan fingerprint density at radius 3 is 2.83 bits per heavy atom. The summed E-state index contributed by atoms with van der Waals surface area (Å²) in [6.07, 6.45) is 5.39. The lowest BCUT2D eigenvalue weighted by atomic mass is 9.97. The van der Waals surface area contributed by atoms with Crippen LogP contribution in [0.3, 0.4) is 0 Å². The number of hydrazone groups is 1. The molecule has 6 nitrogen and oxygen atoms in total. The average molecular weight is 527 g/mol. The molecule has 35 heavy (non-hydrogen) atoms. The SMILES string of the molecule is O=C(CSc1nc2sc3c(c2c(=O)n1-c1ccc(Cl)cc1)CCCC3)NN=Cc1cccc(F)c1. The first-order valence-electron chi connectivity index (χ1n) is 11.0. The molecule has 0 saturated carbocycles. The molecule has 1 aliphatic rings. The van der Waals surface area contributed by atoms with Gasteiger partial charge >= 0.3 is 0 Å². The van der Waals surface area contributed by atoms with Gasteiger partial charge in [-0.05, 0) is 73.2 Å². The molecule has 5 rings (SSSR count). The maximum absolute atomic E-state index is 13.7. The number of benzene rings is 2. The number of aryl methyl sites for hydroxylation is 2. The van der Waals surface area contributed by atoms with E-state index in [1.807, 2.05) is 0 Å². The van der Waals surface area contributed by atoms with Gasteiger partial charge in [-0.3, -0.25) is 14.2 Å². The topological polar surface area (TPSA) is 76.3 Å². The Labute approximate surface area is 213 Å². The molecule has 0 atom stereocenters. The lowest BCUT2D eigenvalue weighted by molar-refractivity contribution is -0.118. The number of fused-ring (bicyclic) bond motifs is 3. The van der Waals surface area contributed by atoms with Gasteiger partial charge in [0.1, 0.15) is 10.6 Å². The molecule has 2 aromatic carbocycles. The summed E-state index contributed by atoms with van der Waals surface area (Å²) in [4.78, 5) is 32.9.